The van der Waals surface area contributed by atoms with Gasteiger partial charge in [0.2, 0.25) is 5.91 Å². The first-order valence-electron chi connectivity index (χ1n) is 9.07. The lowest BCUT2D eigenvalue weighted by Crippen LogP contribution is -2.13. The predicted octanol–water partition coefficient (Wildman–Crippen LogP) is 4.02. The van der Waals surface area contributed by atoms with Gasteiger partial charge in [-0.2, -0.15) is 5.10 Å². The number of aromatic nitrogens is 4. The largest absolute Gasteiger partial charge is 0.366 e. The summed E-state index contributed by atoms with van der Waals surface area (Å²) in [6.45, 7) is 0. The van der Waals surface area contributed by atoms with Crippen molar-refractivity contribution in [2.45, 2.75) is 0 Å². The molecule has 0 radical (unpaired) electrons. The molecule has 4 N–H and O–H groups in total. The Bertz CT molecular complexity index is 1370. The summed E-state index contributed by atoms with van der Waals surface area (Å²) in [5.74, 6) is 1.16. The fourth-order valence-corrected chi connectivity index (χ4v) is 3.36. The molecule has 0 saturated carbocycles. The standard InChI is InChI=1S/C22H16N6O/c23-19(29)13-7-1-2-8-14(13)20-24-17-11-5-3-9-15(17)21(25-20)26-22-16-10-4-6-12-18(16)27-28-22/h1-12H,(H2,23,29)(H2,24,25,26,27,28). The molecule has 0 bridgehead atoms. The first-order valence-corrected chi connectivity index (χ1v) is 9.07. The smallest absolute Gasteiger partial charge is 0.249 e. The Kier molecular flexibility index (Phi) is 3.91. The van der Waals surface area contributed by atoms with Crippen LogP contribution < -0.4 is 11.1 Å². The van der Waals surface area contributed by atoms with Gasteiger partial charge in [0, 0.05) is 16.3 Å². The maximum absolute atomic E-state index is 11.9. The first-order chi connectivity index (χ1) is 14.2. The lowest BCUT2D eigenvalue weighted by molar-refractivity contribution is 0.100. The quantitative estimate of drug-likeness (QED) is 0.436. The number of hydrogen-bond donors (Lipinski definition) is 3. The molecule has 2 heterocycles. The molecule has 1 amide bonds. The normalized spacial score (nSPS) is 11.0. The van der Waals surface area contributed by atoms with Gasteiger partial charge in [0.1, 0.15) is 5.82 Å². The third-order valence-corrected chi connectivity index (χ3v) is 4.74. The number of H-pyrrole nitrogens is 1. The van der Waals surface area contributed by atoms with Crippen molar-refractivity contribution in [3.05, 3.63) is 78.4 Å². The molecule has 5 rings (SSSR count). The Balaban J connectivity index is 1.70. The molecular formula is C22H16N6O. The predicted molar refractivity (Wildman–Crippen MR) is 113 cm³/mol. The Hall–Kier alpha value is -4.26. The van der Waals surface area contributed by atoms with Gasteiger partial charge in [0.05, 0.1) is 16.6 Å². The number of fused-ring (bicyclic) bond motifs is 2. The van der Waals surface area contributed by atoms with Crippen molar-refractivity contribution < 1.29 is 4.79 Å². The molecule has 5 aromatic rings. The van der Waals surface area contributed by atoms with E-state index in [4.69, 9.17) is 10.7 Å². The molecular weight excluding hydrogens is 364 g/mol. The summed E-state index contributed by atoms with van der Waals surface area (Å²) in [6.07, 6.45) is 0. The number of rotatable bonds is 4. The van der Waals surface area contributed by atoms with Gasteiger partial charge in [-0.05, 0) is 30.3 Å². The Morgan fingerprint density at radius 1 is 0.828 bits per heavy atom. The summed E-state index contributed by atoms with van der Waals surface area (Å²) in [6, 6.07) is 22.6. The second-order valence-corrected chi connectivity index (χ2v) is 6.57. The summed E-state index contributed by atoms with van der Waals surface area (Å²) in [7, 11) is 0. The second-order valence-electron chi connectivity index (χ2n) is 6.57. The Labute approximate surface area is 165 Å². The van der Waals surface area contributed by atoms with E-state index in [1.165, 1.54) is 0 Å². The lowest BCUT2D eigenvalue weighted by Gasteiger charge is -2.11. The summed E-state index contributed by atoms with van der Waals surface area (Å²) in [4.78, 5) is 21.2. The van der Waals surface area contributed by atoms with Crippen LogP contribution >= 0.6 is 0 Å². The van der Waals surface area contributed by atoms with Crippen LogP contribution in [0.15, 0.2) is 72.8 Å². The van der Waals surface area contributed by atoms with Gasteiger partial charge < -0.3 is 11.1 Å². The summed E-state index contributed by atoms with van der Waals surface area (Å²) in [5.41, 5.74) is 8.18. The maximum atomic E-state index is 11.9. The molecule has 0 aliphatic carbocycles. The van der Waals surface area contributed by atoms with Crippen molar-refractivity contribution in [1.29, 1.82) is 0 Å². The maximum Gasteiger partial charge on any atom is 0.249 e. The van der Waals surface area contributed by atoms with Gasteiger partial charge >= 0.3 is 0 Å². The molecule has 140 valence electrons. The number of hydrogen-bond acceptors (Lipinski definition) is 5. The molecule has 0 fully saturated rings. The number of para-hydroxylation sites is 2. The van der Waals surface area contributed by atoms with Crippen molar-refractivity contribution in [1.82, 2.24) is 20.2 Å². The lowest BCUT2D eigenvalue weighted by atomic mass is 10.1. The average Bonchev–Trinajstić information content (AvgIpc) is 3.16. The zero-order valence-corrected chi connectivity index (χ0v) is 15.3. The number of carbonyl (C=O) groups excluding carboxylic acids is 1. The van der Waals surface area contributed by atoms with Crippen LogP contribution in [0.25, 0.3) is 33.2 Å². The average molecular weight is 380 g/mol. The summed E-state index contributed by atoms with van der Waals surface area (Å²) in [5, 5.41) is 12.5. The minimum atomic E-state index is -0.523. The third kappa shape index (κ3) is 2.94. The van der Waals surface area contributed by atoms with Gasteiger partial charge in [-0.15, -0.1) is 0 Å². The van der Waals surface area contributed by atoms with Crippen molar-refractivity contribution >= 4 is 39.3 Å². The fourth-order valence-electron chi connectivity index (χ4n) is 3.36. The topological polar surface area (TPSA) is 110 Å². The summed E-state index contributed by atoms with van der Waals surface area (Å²) >= 11 is 0. The molecule has 7 heteroatoms. The molecule has 0 spiro atoms. The van der Waals surface area contributed by atoms with Crippen LogP contribution in [0.5, 0.6) is 0 Å². The van der Waals surface area contributed by atoms with Crippen molar-refractivity contribution in [3.63, 3.8) is 0 Å². The number of nitrogens with one attached hydrogen (secondary N) is 2. The highest BCUT2D eigenvalue weighted by molar-refractivity contribution is 6.01. The van der Waals surface area contributed by atoms with Crippen LogP contribution in [0.1, 0.15) is 10.4 Å². The van der Waals surface area contributed by atoms with Crippen LogP contribution in [0.4, 0.5) is 11.6 Å². The van der Waals surface area contributed by atoms with Gasteiger partial charge in [0.25, 0.3) is 0 Å². The monoisotopic (exact) mass is 380 g/mol. The fraction of sp³-hybridized carbons (Fsp3) is 0. The minimum absolute atomic E-state index is 0.374. The Morgan fingerprint density at radius 2 is 1.55 bits per heavy atom. The third-order valence-electron chi connectivity index (χ3n) is 4.74. The van der Waals surface area contributed by atoms with E-state index in [2.05, 4.69) is 20.5 Å². The molecule has 0 saturated heterocycles. The zero-order valence-electron chi connectivity index (χ0n) is 15.3. The van der Waals surface area contributed by atoms with Crippen LogP contribution in [-0.4, -0.2) is 26.1 Å². The molecule has 0 aliphatic rings. The van der Waals surface area contributed by atoms with E-state index < -0.39 is 5.91 Å². The van der Waals surface area contributed by atoms with Gasteiger partial charge in [0.15, 0.2) is 11.6 Å². The highest BCUT2D eigenvalue weighted by Crippen LogP contribution is 2.30. The summed E-state index contributed by atoms with van der Waals surface area (Å²) < 4.78 is 0. The van der Waals surface area contributed by atoms with Gasteiger partial charge in [-0.25, -0.2) is 9.97 Å². The van der Waals surface area contributed by atoms with Crippen LogP contribution in [-0.2, 0) is 0 Å². The molecule has 0 aliphatic heterocycles. The Morgan fingerprint density at radius 3 is 2.41 bits per heavy atom. The van der Waals surface area contributed by atoms with Crippen molar-refractivity contribution in [3.8, 4) is 11.4 Å². The van der Waals surface area contributed by atoms with E-state index in [9.17, 15) is 4.79 Å². The van der Waals surface area contributed by atoms with Crippen molar-refractivity contribution in [2.75, 3.05) is 5.32 Å². The van der Waals surface area contributed by atoms with Gasteiger partial charge in [-0.1, -0.05) is 42.5 Å². The molecule has 0 unspecified atom stereocenters. The van der Waals surface area contributed by atoms with Crippen LogP contribution in [0.3, 0.4) is 0 Å². The highest BCUT2D eigenvalue weighted by atomic mass is 16.1. The van der Waals surface area contributed by atoms with E-state index in [1.807, 2.05) is 54.6 Å². The number of nitrogens with two attached hydrogens (primary N) is 1. The number of benzene rings is 3. The van der Waals surface area contributed by atoms with Crippen LogP contribution in [0.2, 0.25) is 0 Å². The number of primary amides is 1. The van der Waals surface area contributed by atoms with Crippen molar-refractivity contribution in [2.24, 2.45) is 5.73 Å². The number of carbonyl (C=O) groups is 1. The molecule has 0 atom stereocenters. The van der Waals surface area contributed by atoms with Gasteiger partial charge in [-0.3, -0.25) is 9.89 Å². The zero-order chi connectivity index (χ0) is 19.8. The highest BCUT2D eigenvalue weighted by Gasteiger charge is 2.16. The minimum Gasteiger partial charge on any atom is -0.366 e. The SMILES string of the molecule is NC(=O)c1ccccc1-c1nc(Nc2n[nH]c3ccccc23)c2ccccc2n1. The van der Waals surface area contributed by atoms with E-state index in [0.29, 0.717) is 28.6 Å². The van der Waals surface area contributed by atoms with E-state index in [1.54, 1.807) is 18.2 Å². The molecule has 29 heavy (non-hydrogen) atoms. The first kappa shape index (κ1) is 16.9. The molecule has 2 aromatic heterocycles. The number of amides is 1. The van der Waals surface area contributed by atoms with E-state index in [0.717, 1.165) is 21.8 Å². The number of aromatic amines is 1. The number of nitrogens with zero attached hydrogens (tertiary/aromatic N) is 3. The molecule has 7 nitrogen and oxygen atoms in total. The van der Waals surface area contributed by atoms with Crippen LogP contribution in [0, 0.1) is 0 Å². The van der Waals surface area contributed by atoms with E-state index >= 15 is 0 Å². The second kappa shape index (κ2) is 6.72. The number of anilines is 2. The van der Waals surface area contributed by atoms with E-state index in [-0.39, 0.29) is 0 Å². The molecule has 3 aromatic carbocycles.